The standard InChI is InChI=1S/C13H19N5O2S/c1-4-5-11-14-15-13(21-8-12(19)20)18(11)7-10-6-17(3)16-9(10)2/h6H,4-5,7-8H2,1-3H3,(H,19,20). The van der Waals surface area contributed by atoms with Crippen molar-refractivity contribution in [3.05, 3.63) is 23.3 Å². The first-order valence-electron chi connectivity index (χ1n) is 6.77. The van der Waals surface area contributed by atoms with Crippen LogP contribution in [0.1, 0.15) is 30.4 Å². The molecule has 7 nitrogen and oxygen atoms in total. The number of hydrogen-bond donors (Lipinski definition) is 1. The van der Waals surface area contributed by atoms with Gasteiger partial charge in [0.25, 0.3) is 0 Å². The minimum atomic E-state index is -0.857. The predicted octanol–water partition coefficient (Wildman–Crippen LogP) is 1.50. The van der Waals surface area contributed by atoms with Crippen LogP contribution >= 0.6 is 11.8 Å². The molecule has 0 fully saturated rings. The minimum Gasteiger partial charge on any atom is -0.481 e. The highest BCUT2D eigenvalue weighted by atomic mass is 32.2. The summed E-state index contributed by atoms with van der Waals surface area (Å²) in [5.74, 6) is 0.00815. The lowest BCUT2D eigenvalue weighted by molar-refractivity contribution is -0.133. The number of aryl methyl sites for hydroxylation is 3. The van der Waals surface area contributed by atoms with Gasteiger partial charge in [-0.2, -0.15) is 5.10 Å². The Bertz CT molecular complexity index is 635. The van der Waals surface area contributed by atoms with Gasteiger partial charge in [-0.3, -0.25) is 9.48 Å². The summed E-state index contributed by atoms with van der Waals surface area (Å²) >= 11 is 1.20. The van der Waals surface area contributed by atoms with Gasteiger partial charge in [0.15, 0.2) is 5.16 Å². The molecule has 0 saturated carbocycles. The van der Waals surface area contributed by atoms with E-state index in [1.807, 2.05) is 24.7 Å². The Morgan fingerprint density at radius 3 is 2.76 bits per heavy atom. The van der Waals surface area contributed by atoms with E-state index in [0.29, 0.717) is 11.7 Å². The zero-order valence-electron chi connectivity index (χ0n) is 12.4. The maximum Gasteiger partial charge on any atom is 0.313 e. The monoisotopic (exact) mass is 309 g/mol. The molecule has 0 amide bonds. The molecule has 2 aromatic rings. The van der Waals surface area contributed by atoms with Gasteiger partial charge in [-0.1, -0.05) is 18.7 Å². The van der Waals surface area contributed by atoms with Crippen LogP contribution in [0.4, 0.5) is 0 Å². The number of aliphatic carboxylic acids is 1. The van der Waals surface area contributed by atoms with Crippen LogP contribution in [-0.4, -0.2) is 41.4 Å². The molecule has 0 aromatic carbocycles. The molecular weight excluding hydrogens is 290 g/mol. The summed E-state index contributed by atoms with van der Waals surface area (Å²) < 4.78 is 3.76. The van der Waals surface area contributed by atoms with E-state index >= 15 is 0 Å². The molecule has 2 aromatic heterocycles. The smallest absolute Gasteiger partial charge is 0.313 e. The molecule has 0 atom stereocenters. The number of rotatable bonds is 7. The van der Waals surface area contributed by atoms with Crippen LogP contribution in [0.3, 0.4) is 0 Å². The Morgan fingerprint density at radius 2 is 2.19 bits per heavy atom. The molecule has 8 heteroatoms. The lowest BCUT2D eigenvalue weighted by Gasteiger charge is -2.08. The van der Waals surface area contributed by atoms with Crippen molar-refractivity contribution >= 4 is 17.7 Å². The lowest BCUT2D eigenvalue weighted by atomic mass is 10.2. The van der Waals surface area contributed by atoms with E-state index < -0.39 is 5.97 Å². The topological polar surface area (TPSA) is 85.8 Å². The third-order valence-corrected chi connectivity index (χ3v) is 3.99. The molecule has 0 aliphatic carbocycles. The molecule has 0 unspecified atom stereocenters. The summed E-state index contributed by atoms with van der Waals surface area (Å²) in [4.78, 5) is 10.7. The molecule has 0 bridgehead atoms. The predicted molar refractivity (Wildman–Crippen MR) is 79.4 cm³/mol. The quantitative estimate of drug-likeness (QED) is 0.780. The third-order valence-electron chi connectivity index (χ3n) is 3.04. The molecule has 114 valence electrons. The van der Waals surface area contributed by atoms with Gasteiger partial charge in [-0.05, 0) is 13.3 Å². The van der Waals surface area contributed by atoms with Crippen LogP contribution in [0.25, 0.3) is 0 Å². The molecule has 0 saturated heterocycles. The number of carboxylic acid groups (broad SMARTS) is 1. The van der Waals surface area contributed by atoms with Gasteiger partial charge < -0.3 is 9.67 Å². The zero-order valence-corrected chi connectivity index (χ0v) is 13.2. The van der Waals surface area contributed by atoms with E-state index in [2.05, 4.69) is 22.2 Å². The Hall–Kier alpha value is -1.83. The van der Waals surface area contributed by atoms with Gasteiger partial charge in [-0.15, -0.1) is 10.2 Å². The highest BCUT2D eigenvalue weighted by molar-refractivity contribution is 7.99. The normalized spacial score (nSPS) is 11.0. The van der Waals surface area contributed by atoms with Crippen molar-refractivity contribution in [1.82, 2.24) is 24.5 Å². The van der Waals surface area contributed by atoms with Gasteiger partial charge in [0.1, 0.15) is 5.82 Å². The summed E-state index contributed by atoms with van der Waals surface area (Å²) in [6.45, 7) is 4.66. The molecular formula is C13H19N5O2S. The first-order valence-corrected chi connectivity index (χ1v) is 7.75. The molecule has 2 heterocycles. The van der Waals surface area contributed by atoms with Crippen molar-refractivity contribution in [1.29, 1.82) is 0 Å². The van der Waals surface area contributed by atoms with E-state index in [1.165, 1.54) is 11.8 Å². The van der Waals surface area contributed by atoms with Gasteiger partial charge in [0.05, 0.1) is 18.0 Å². The summed E-state index contributed by atoms with van der Waals surface area (Å²) in [7, 11) is 1.88. The second kappa shape index (κ2) is 6.75. The van der Waals surface area contributed by atoms with Crippen molar-refractivity contribution < 1.29 is 9.90 Å². The third kappa shape index (κ3) is 3.84. The SMILES string of the molecule is CCCc1nnc(SCC(=O)O)n1Cc1cn(C)nc1C. The second-order valence-corrected chi connectivity index (χ2v) is 5.77. The molecule has 2 rings (SSSR count). The van der Waals surface area contributed by atoms with Gasteiger partial charge in [0.2, 0.25) is 0 Å². The maximum atomic E-state index is 10.7. The zero-order chi connectivity index (χ0) is 15.4. The van der Waals surface area contributed by atoms with Crippen LogP contribution in [-0.2, 0) is 24.8 Å². The lowest BCUT2D eigenvalue weighted by Crippen LogP contribution is -2.08. The van der Waals surface area contributed by atoms with Gasteiger partial charge in [-0.25, -0.2) is 0 Å². The largest absolute Gasteiger partial charge is 0.481 e. The van der Waals surface area contributed by atoms with E-state index in [4.69, 9.17) is 5.11 Å². The fraction of sp³-hybridized carbons (Fsp3) is 0.538. The van der Waals surface area contributed by atoms with E-state index in [1.54, 1.807) is 4.68 Å². The fourth-order valence-corrected chi connectivity index (χ4v) is 2.77. The second-order valence-electron chi connectivity index (χ2n) is 4.83. The van der Waals surface area contributed by atoms with Crippen molar-refractivity contribution in [2.24, 2.45) is 7.05 Å². The fourth-order valence-electron chi connectivity index (χ4n) is 2.09. The molecule has 0 aliphatic heterocycles. The first-order chi connectivity index (χ1) is 10.0. The summed E-state index contributed by atoms with van der Waals surface area (Å²) in [5.41, 5.74) is 2.05. The van der Waals surface area contributed by atoms with Crippen LogP contribution < -0.4 is 0 Å². The molecule has 0 aliphatic rings. The number of hydrogen-bond acceptors (Lipinski definition) is 5. The number of carboxylic acids is 1. The van der Waals surface area contributed by atoms with Crippen molar-refractivity contribution in [3.8, 4) is 0 Å². The molecule has 1 N–H and O–H groups in total. The average molecular weight is 309 g/mol. The van der Waals surface area contributed by atoms with Gasteiger partial charge in [0, 0.05) is 25.2 Å². The molecule has 0 spiro atoms. The van der Waals surface area contributed by atoms with Crippen LogP contribution in [0.15, 0.2) is 11.4 Å². The van der Waals surface area contributed by atoms with Crippen molar-refractivity contribution in [2.75, 3.05) is 5.75 Å². The Morgan fingerprint density at radius 1 is 1.43 bits per heavy atom. The van der Waals surface area contributed by atoms with E-state index in [0.717, 1.165) is 29.9 Å². The summed E-state index contributed by atoms with van der Waals surface area (Å²) in [6.07, 6.45) is 3.75. The number of carbonyl (C=O) groups is 1. The maximum absolute atomic E-state index is 10.7. The Kier molecular flexibility index (Phi) is 5.00. The number of nitrogens with zero attached hydrogens (tertiary/aromatic N) is 5. The molecule has 21 heavy (non-hydrogen) atoms. The highest BCUT2D eigenvalue weighted by Crippen LogP contribution is 2.20. The Labute approximate surface area is 127 Å². The Balaban J connectivity index is 2.27. The number of aromatic nitrogens is 5. The minimum absolute atomic E-state index is 0.0176. The summed E-state index contributed by atoms with van der Waals surface area (Å²) in [5, 5.41) is 22.1. The van der Waals surface area contributed by atoms with Gasteiger partial charge >= 0.3 is 5.97 Å². The van der Waals surface area contributed by atoms with Crippen molar-refractivity contribution in [3.63, 3.8) is 0 Å². The van der Waals surface area contributed by atoms with Crippen molar-refractivity contribution in [2.45, 2.75) is 38.4 Å². The first kappa shape index (κ1) is 15.6. The number of thioether (sulfide) groups is 1. The highest BCUT2D eigenvalue weighted by Gasteiger charge is 2.15. The van der Waals surface area contributed by atoms with Crippen LogP contribution in [0.5, 0.6) is 0 Å². The van der Waals surface area contributed by atoms with E-state index in [9.17, 15) is 4.79 Å². The molecule has 0 radical (unpaired) electrons. The average Bonchev–Trinajstić information content (AvgIpc) is 2.93. The van der Waals surface area contributed by atoms with Crippen LogP contribution in [0.2, 0.25) is 0 Å². The summed E-state index contributed by atoms with van der Waals surface area (Å²) in [6, 6.07) is 0. The van der Waals surface area contributed by atoms with Crippen LogP contribution in [0, 0.1) is 6.92 Å². The van der Waals surface area contributed by atoms with E-state index in [-0.39, 0.29) is 5.75 Å².